The van der Waals surface area contributed by atoms with Gasteiger partial charge in [0.2, 0.25) is 5.91 Å². The lowest BCUT2D eigenvalue weighted by Gasteiger charge is -2.40. The van der Waals surface area contributed by atoms with E-state index in [0.29, 0.717) is 18.7 Å². The van der Waals surface area contributed by atoms with Crippen molar-refractivity contribution in [3.8, 4) is 0 Å². The van der Waals surface area contributed by atoms with Gasteiger partial charge in [0, 0.05) is 19.7 Å². The van der Waals surface area contributed by atoms with Crippen LogP contribution in [0.4, 0.5) is 4.39 Å². The molecule has 0 aromatic heterocycles. The molecule has 1 aromatic rings. The summed E-state index contributed by atoms with van der Waals surface area (Å²) in [5.74, 6) is -0.353. The number of benzene rings is 1. The van der Waals surface area contributed by atoms with Crippen molar-refractivity contribution in [3.63, 3.8) is 0 Å². The molecule has 1 aliphatic heterocycles. The van der Waals surface area contributed by atoms with Crippen molar-refractivity contribution >= 4 is 5.91 Å². The van der Waals surface area contributed by atoms with Crippen LogP contribution in [-0.2, 0) is 11.2 Å². The number of piperidine rings is 1. The highest BCUT2D eigenvalue weighted by Crippen LogP contribution is 2.34. The molecule has 1 aromatic carbocycles. The summed E-state index contributed by atoms with van der Waals surface area (Å²) in [6, 6.07) is 6.41. The zero-order valence-electron chi connectivity index (χ0n) is 11.9. The molecule has 0 atom stereocenters. The lowest BCUT2D eigenvalue weighted by atomic mass is 9.77. The van der Waals surface area contributed by atoms with Crippen LogP contribution in [0.25, 0.3) is 0 Å². The van der Waals surface area contributed by atoms with E-state index in [1.54, 1.807) is 23.1 Å². The molecule has 0 radical (unpaired) electrons. The summed E-state index contributed by atoms with van der Waals surface area (Å²) in [6.45, 7) is 3.56. The summed E-state index contributed by atoms with van der Waals surface area (Å²) in [7, 11) is 0. The third-order valence-corrected chi connectivity index (χ3v) is 4.56. The van der Waals surface area contributed by atoms with E-state index in [1.165, 1.54) is 6.07 Å². The first-order chi connectivity index (χ1) is 9.60. The Morgan fingerprint density at radius 2 is 2.00 bits per heavy atom. The number of hydrogen-bond donors (Lipinski definition) is 1. The molecule has 1 fully saturated rings. The summed E-state index contributed by atoms with van der Waals surface area (Å²) in [6.07, 6.45) is 2.69. The Bertz CT molecular complexity index is 461. The van der Waals surface area contributed by atoms with Gasteiger partial charge >= 0.3 is 0 Å². The van der Waals surface area contributed by atoms with Crippen LogP contribution in [0.3, 0.4) is 0 Å². The molecule has 110 valence electrons. The van der Waals surface area contributed by atoms with Crippen LogP contribution in [-0.4, -0.2) is 35.6 Å². The molecule has 2 rings (SSSR count). The third-order valence-electron chi connectivity index (χ3n) is 4.56. The smallest absolute Gasteiger partial charge is 0.227 e. The highest BCUT2D eigenvalue weighted by atomic mass is 19.1. The average molecular weight is 279 g/mol. The molecule has 20 heavy (non-hydrogen) atoms. The molecule has 3 nitrogen and oxygen atoms in total. The van der Waals surface area contributed by atoms with Gasteiger partial charge in [-0.25, -0.2) is 4.39 Å². The van der Waals surface area contributed by atoms with Gasteiger partial charge < -0.3 is 10.0 Å². The van der Waals surface area contributed by atoms with Gasteiger partial charge in [-0.1, -0.05) is 25.1 Å². The molecule has 0 unspecified atom stereocenters. The molecule has 0 spiro atoms. The van der Waals surface area contributed by atoms with Gasteiger partial charge in [-0.2, -0.15) is 0 Å². The predicted octanol–water partition coefficient (Wildman–Crippen LogP) is 2.38. The highest BCUT2D eigenvalue weighted by Gasteiger charge is 2.33. The van der Waals surface area contributed by atoms with Gasteiger partial charge in [0.15, 0.2) is 0 Å². The molecule has 1 saturated heterocycles. The van der Waals surface area contributed by atoms with Gasteiger partial charge in [-0.05, 0) is 36.3 Å². The second kappa shape index (κ2) is 6.35. The van der Waals surface area contributed by atoms with Crippen molar-refractivity contribution in [2.45, 2.75) is 32.6 Å². The SMILES string of the molecule is CCC1(CO)CCN(C(=O)Cc2ccccc2F)CC1. The quantitative estimate of drug-likeness (QED) is 0.919. The predicted molar refractivity (Wildman–Crippen MR) is 75.7 cm³/mol. The van der Waals surface area contributed by atoms with Crippen molar-refractivity contribution < 1.29 is 14.3 Å². The number of likely N-dealkylation sites (tertiary alicyclic amines) is 1. The number of aliphatic hydroxyl groups is 1. The number of amides is 1. The van der Waals surface area contributed by atoms with Crippen LogP contribution < -0.4 is 0 Å². The van der Waals surface area contributed by atoms with E-state index in [4.69, 9.17) is 0 Å². The molecule has 0 aliphatic carbocycles. The first kappa shape index (κ1) is 15.0. The largest absolute Gasteiger partial charge is 0.396 e. The van der Waals surface area contributed by atoms with Gasteiger partial charge in [0.25, 0.3) is 0 Å². The molecule has 1 amide bonds. The van der Waals surface area contributed by atoms with E-state index in [-0.39, 0.29) is 30.2 Å². The number of carbonyl (C=O) groups is 1. The normalized spacial score (nSPS) is 18.1. The van der Waals surface area contributed by atoms with E-state index in [2.05, 4.69) is 6.92 Å². The number of nitrogens with zero attached hydrogens (tertiary/aromatic N) is 1. The van der Waals surface area contributed by atoms with Gasteiger partial charge in [-0.3, -0.25) is 4.79 Å². The Labute approximate surface area is 119 Å². The highest BCUT2D eigenvalue weighted by molar-refractivity contribution is 5.78. The summed E-state index contributed by atoms with van der Waals surface area (Å²) in [4.78, 5) is 14.0. The summed E-state index contributed by atoms with van der Waals surface area (Å²) in [5, 5.41) is 9.48. The monoisotopic (exact) mass is 279 g/mol. The zero-order valence-corrected chi connectivity index (χ0v) is 11.9. The Morgan fingerprint density at radius 3 is 2.55 bits per heavy atom. The molecule has 1 heterocycles. The topological polar surface area (TPSA) is 40.5 Å². The first-order valence-corrected chi connectivity index (χ1v) is 7.22. The zero-order chi connectivity index (χ0) is 14.6. The van der Waals surface area contributed by atoms with E-state index < -0.39 is 0 Å². The third kappa shape index (κ3) is 3.18. The standard InChI is InChI=1S/C16H22FNO2/c1-2-16(12-19)7-9-18(10-8-16)15(20)11-13-5-3-4-6-14(13)17/h3-6,19H,2,7-12H2,1H3. The second-order valence-corrected chi connectivity index (χ2v) is 5.66. The lowest BCUT2D eigenvalue weighted by molar-refractivity contribution is -0.133. The molecule has 0 bridgehead atoms. The van der Waals surface area contributed by atoms with Crippen molar-refractivity contribution in [2.75, 3.05) is 19.7 Å². The van der Waals surface area contributed by atoms with Crippen LogP contribution in [0.15, 0.2) is 24.3 Å². The van der Waals surface area contributed by atoms with Crippen LogP contribution in [0, 0.1) is 11.2 Å². The maximum Gasteiger partial charge on any atom is 0.227 e. The van der Waals surface area contributed by atoms with Crippen LogP contribution in [0.2, 0.25) is 0 Å². The minimum atomic E-state index is -0.323. The Balaban J connectivity index is 1.94. The molecular formula is C16H22FNO2. The maximum atomic E-state index is 13.5. The fourth-order valence-corrected chi connectivity index (χ4v) is 2.77. The summed E-state index contributed by atoms with van der Waals surface area (Å²) < 4.78 is 13.5. The van der Waals surface area contributed by atoms with Gasteiger partial charge in [0.05, 0.1) is 6.42 Å². The minimum absolute atomic E-state index is 0.0299. The number of hydrogen-bond acceptors (Lipinski definition) is 2. The Kier molecular flexibility index (Phi) is 4.76. The van der Waals surface area contributed by atoms with Crippen LogP contribution in [0.1, 0.15) is 31.7 Å². The number of halogens is 1. The fraction of sp³-hybridized carbons (Fsp3) is 0.562. The van der Waals surface area contributed by atoms with E-state index in [9.17, 15) is 14.3 Å². The number of carbonyl (C=O) groups excluding carboxylic acids is 1. The van der Waals surface area contributed by atoms with Gasteiger partial charge in [0.1, 0.15) is 5.82 Å². The fourth-order valence-electron chi connectivity index (χ4n) is 2.77. The van der Waals surface area contributed by atoms with Crippen molar-refractivity contribution in [1.29, 1.82) is 0 Å². The summed E-state index contributed by atoms with van der Waals surface area (Å²) >= 11 is 0. The molecule has 0 saturated carbocycles. The number of aliphatic hydroxyl groups excluding tert-OH is 1. The van der Waals surface area contributed by atoms with Crippen molar-refractivity contribution in [1.82, 2.24) is 4.90 Å². The minimum Gasteiger partial charge on any atom is -0.396 e. The summed E-state index contributed by atoms with van der Waals surface area (Å²) in [5.41, 5.74) is 0.418. The van der Waals surface area contributed by atoms with Crippen LogP contribution >= 0.6 is 0 Å². The van der Waals surface area contributed by atoms with E-state index >= 15 is 0 Å². The second-order valence-electron chi connectivity index (χ2n) is 5.66. The molecular weight excluding hydrogens is 257 g/mol. The van der Waals surface area contributed by atoms with Gasteiger partial charge in [-0.15, -0.1) is 0 Å². The molecule has 4 heteroatoms. The average Bonchev–Trinajstić information content (AvgIpc) is 2.49. The van der Waals surface area contributed by atoms with Crippen molar-refractivity contribution in [3.05, 3.63) is 35.6 Å². The number of rotatable bonds is 4. The molecule has 1 aliphatic rings. The van der Waals surface area contributed by atoms with E-state index in [1.807, 2.05) is 0 Å². The first-order valence-electron chi connectivity index (χ1n) is 7.22. The van der Waals surface area contributed by atoms with E-state index in [0.717, 1.165) is 19.3 Å². The Morgan fingerprint density at radius 1 is 1.35 bits per heavy atom. The Hall–Kier alpha value is -1.42. The van der Waals surface area contributed by atoms with Crippen molar-refractivity contribution in [2.24, 2.45) is 5.41 Å². The molecule has 1 N–H and O–H groups in total. The maximum absolute atomic E-state index is 13.5. The van der Waals surface area contributed by atoms with Crippen LogP contribution in [0.5, 0.6) is 0 Å². The lowest BCUT2D eigenvalue weighted by Crippen LogP contribution is -2.45.